The molecule has 14 heteroatoms. The highest BCUT2D eigenvalue weighted by Gasteiger charge is 2.54. The smallest absolute Gasteiger partial charge is 0.352 e. The summed E-state index contributed by atoms with van der Waals surface area (Å²) >= 11 is 2.38. The fourth-order valence-corrected chi connectivity index (χ4v) is 4.91. The Balaban J connectivity index is 1.79. The lowest BCUT2D eigenvalue weighted by Gasteiger charge is -2.49. The van der Waals surface area contributed by atoms with E-state index in [1.165, 1.54) is 22.0 Å². The van der Waals surface area contributed by atoms with Gasteiger partial charge in [-0.15, -0.1) is 23.1 Å². The number of oxime groups is 1. The van der Waals surface area contributed by atoms with E-state index in [-0.39, 0.29) is 22.2 Å². The second-order valence-electron chi connectivity index (χ2n) is 6.15. The molecule has 3 heterocycles. The molecule has 0 unspecified atom stereocenters. The van der Waals surface area contributed by atoms with Crippen LogP contribution in [0.2, 0.25) is 0 Å². The number of amides is 2. The number of nitrogens with zero attached hydrogens (tertiary/aromatic N) is 3. The number of aromatic nitrogens is 1. The molecule has 3 rings (SSSR count). The fraction of sp³-hybridized carbons (Fsp3) is 0.375. The number of carboxylic acids is 2. The summed E-state index contributed by atoms with van der Waals surface area (Å²) < 4.78 is 0. The van der Waals surface area contributed by atoms with Crippen molar-refractivity contribution in [3.05, 3.63) is 22.3 Å². The predicted octanol–water partition coefficient (Wildman–Crippen LogP) is -0.321. The summed E-state index contributed by atoms with van der Waals surface area (Å²) in [6.45, 7) is 1.03. The van der Waals surface area contributed by atoms with Gasteiger partial charge in [0, 0.05) is 11.1 Å². The van der Waals surface area contributed by atoms with Gasteiger partial charge in [-0.05, 0) is 12.0 Å². The zero-order chi connectivity index (χ0) is 22.0. The number of rotatable bonds is 8. The average molecular weight is 455 g/mol. The number of hydrogen-bond donors (Lipinski definition) is 4. The summed E-state index contributed by atoms with van der Waals surface area (Å²) in [6.07, 6.45) is 0.491. The molecule has 2 aliphatic heterocycles. The van der Waals surface area contributed by atoms with Crippen LogP contribution in [0.25, 0.3) is 0 Å². The summed E-state index contributed by atoms with van der Waals surface area (Å²) in [6, 6.07) is -0.976. The molecule has 0 spiro atoms. The van der Waals surface area contributed by atoms with E-state index in [0.29, 0.717) is 17.7 Å². The van der Waals surface area contributed by atoms with E-state index in [9.17, 15) is 24.3 Å². The molecule has 1 saturated heterocycles. The third-order valence-electron chi connectivity index (χ3n) is 4.29. The Labute approximate surface area is 177 Å². The van der Waals surface area contributed by atoms with E-state index in [1.807, 2.05) is 6.92 Å². The van der Waals surface area contributed by atoms with Crippen LogP contribution in [0.4, 0.5) is 5.13 Å². The number of nitrogen functional groups attached to an aromatic ring is 1. The molecular formula is C16H17N5O7S2. The molecular weight excluding hydrogens is 438 g/mol. The molecule has 30 heavy (non-hydrogen) atoms. The summed E-state index contributed by atoms with van der Waals surface area (Å²) in [5.41, 5.74) is 5.87. The second kappa shape index (κ2) is 8.71. The highest BCUT2D eigenvalue weighted by molar-refractivity contribution is 8.00. The molecule has 2 aliphatic rings. The number of carbonyl (C=O) groups is 4. The summed E-state index contributed by atoms with van der Waals surface area (Å²) in [5.74, 6) is -3.46. The van der Waals surface area contributed by atoms with Crippen LogP contribution >= 0.6 is 23.1 Å². The van der Waals surface area contributed by atoms with E-state index in [4.69, 9.17) is 10.8 Å². The van der Waals surface area contributed by atoms with E-state index in [1.54, 1.807) is 0 Å². The summed E-state index contributed by atoms with van der Waals surface area (Å²) in [4.78, 5) is 57.3. The molecule has 12 nitrogen and oxygen atoms in total. The van der Waals surface area contributed by atoms with E-state index >= 15 is 0 Å². The van der Waals surface area contributed by atoms with Crippen LogP contribution in [0.5, 0.6) is 0 Å². The van der Waals surface area contributed by atoms with Gasteiger partial charge in [0.1, 0.15) is 22.8 Å². The first-order valence-electron chi connectivity index (χ1n) is 8.58. The van der Waals surface area contributed by atoms with Gasteiger partial charge < -0.3 is 26.1 Å². The third kappa shape index (κ3) is 4.09. The van der Waals surface area contributed by atoms with Gasteiger partial charge >= 0.3 is 11.9 Å². The molecule has 1 fully saturated rings. The lowest BCUT2D eigenvalue weighted by atomic mass is 10.0. The molecule has 2 atom stereocenters. The van der Waals surface area contributed by atoms with Crippen molar-refractivity contribution in [2.24, 2.45) is 5.16 Å². The molecule has 160 valence electrons. The number of carbonyl (C=O) groups excluding carboxylic acids is 2. The van der Waals surface area contributed by atoms with Crippen molar-refractivity contribution >= 4 is 57.7 Å². The van der Waals surface area contributed by atoms with Crippen molar-refractivity contribution in [3.8, 4) is 0 Å². The highest BCUT2D eigenvalue weighted by Crippen LogP contribution is 2.41. The normalized spacial score (nSPS) is 21.0. The molecule has 1 aromatic rings. The van der Waals surface area contributed by atoms with Crippen LogP contribution in [0.15, 0.2) is 21.8 Å². The number of thiazole rings is 1. The maximum absolute atomic E-state index is 12.7. The Morgan fingerprint density at radius 1 is 1.43 bits per heavy atom. The number of nitrogens with one attached hydrogen (secondary N) is 1. The number of aliphatic carboxylic acids is 2. The van der Waals surface area contributed by atoms with Crippen molar-refractivity contribution in [2.75, 3.05) is 18.1 Å². The monoisotopic (exact) mass is 455 g/mol. The van der Waals surface area contributed by atoms with Gasteiger partial charge in [-0.2, -0.15) is 0 Å². The maximum atomic E-state index is 12.7. The molecule has 0 saturated carbocycles. The first-order valence-corrected chi connectivity index (χ1v) is 10.5. The zero-order valence-corrected chi connectivity index (χ0v) is 17.2. The third-order valence-corrected chi connectivity index (χ3v) is 6.30. The van der Waals surface area contributed by atoms with Crippen molar-refractivity contribution in [3.63, 3.8) is 0 Å². The highest BCUT2D eigenvalue weighted by atomic mass is 32.2. The van der Waals surface area contributed by atoms with Gasteiger partial charge in [0.25, 0.3) is 11.8 Å². The number of anilines is 1. The quantitative estimate of drug-likeness (QED) is 0.230. The number of carboxylic acid groups (broad SMARTS) is 2. The van der Waals surface area contributed by atoms with Crippen LogP contribution in [-0.2, 0) is 24.0 Å². The van der Waals surface area contributed by atoms with Crippen molar-refractivity contribution in [1.82, 2.24) is 15.2 Å². The van der Waals surface area contributed by atoms with Gasteiger partial charge in [-0.25, -0.2) is 14.6 Å². The van der Waals surface area contributed by atoms with Gasteiger partial charge in [0.15, 0.2) is 10.8 Å². The molecule has 0 aliphatic carbocycles. The maximum Gasteiger partial charge on any atom is 0.352 e. The number of hydrogen-bond acceptors (Lipinski definition) is 10. The molecule has 1 aromatic heterocycles. The van der Waals surface area contributed by atoms with Gasteiger partial charge in [0.2, 0.25) is 6.61 Å². The Bertz CT molecular complexity index is 973. The molecule has 0 aromatic carbocycles. The summed E-state index contributed by atoms with van der Waals surface area (Å²) in [7, 11) is 0. The predicted molar refractivity (Wildman–Crippen MR) is 107 cm³/mol. The number of fused-ring (bicyclic) bond motifs is 1. The number of thioether (sulfide) groups is 1. The van der Waals surface area contributed by atoms with Crippen LogP contribution in [0.1, 0.15) is 19.0 Å². The van der Waals surface area contributed by atoms with Crippen molar-refractivity contribution < 1.29 is 34.2 Å². The van der Waals surface area contributed by atoms with Crippen LogP contribution in [0.3, 0.4) is 0 Å². The fourth-order valence-electron chi connectivity index (χ4n) is 2.92. The SMILES string of the molecule is CCC1=C(C(=O)O)N2C(=O)[C@@H](NC(=O)/C(=N\OCC(=O)O)c3csc(N)n3)[C@H]2SC1. The minimum absolute atomic E-state index is 0.0531. The average Bonchev–Trinajstić information content (AvgIpc) is 3.13. The largest absolute Gasteiger partial charge is 0.479 e. The molecule has 2 amide bonds. The van der Waals surface area contributed by atoms with E-state index in [0.717, 1.165) is 11.3 Å². The van der Waals surface area contributed by atoms with Gasteiger partial charge in [-0.3, -0.25) is 14.5 Å². The Morgan fingerprint density at radius 3 is 2.73 bits per heavy atom. The minimum Gasteiger partial charge on any atom is -0.479 e. The topological polar surface area (TPSA) is 185 Å². The van der Waals surface area contributed by atoms with E-state index < -0.39 is 41.8 Å². The molecule has 0 bridgehead atoms. The Hall–Kier alpha value is -3.13. The van der Waals surface area contributed by atoms with Crippen LogP contribution < -0.4 is 11.1 Å². The van der Waals surface area contributed by atoms with Gasteiger partial charge in [-0.1, -0.05) is 12.1 Å². The number of β-lactam (4-membered cyclic amide) rings is 1. The standard InChI is InChI=1S/C16H17N5O7S2/c1-2-6-4-29-14-10(13(25)21(14)11(6)15(26)27)19-12(24)9(20-28-3-8(22)23)7-5-30-16(17)18-7/h5,10,14H,2-4H2,1H3,(H2,17,18)(H,19,24)(H,22,23)(H,26,27)/b20-9-/t10-,14-/m1/s1. The first-order chi connectivity index (χ1) is 14.2. The van der Waals surface area contributed by atoms with Crippen molar-refractivity contribution in [1.29, 1.82) is 0 Å². The zero-order valence-electron chi connectivity index (χ0n) is 15.5. The second-order valence-corrected chi connectivity index (χ2v) is 8.14. The van der Waals surface area contributed by atoms with Crippen LogP contribution in [-0.4, -0.2) is 73.3 Å². The lowest BCUT2D eigenvalue weighted by molar-refractivity contribution is -0.150. The van der Waals surface area contributed by atoms with E-state index in [2.05, 4.69) is 20.3 Å². The van der Waals surface area contributed by atoms with Crippen molar-refractivity contribution in [2.45, 2.75) is 24.8 Å². The van der Waals surface area contributed by atoms with Crippen LogP contribution in [0, 0.1) is 0 Å². The molecule has 5 N–H and O–H groups in total. The number of nitrogens with two attached hydrogens (primary N) is 1. The minimum atomic E-state index is -1.29. The molecule has 0 radical (unpaired) electrons. The summed E-state index contributed by atoms with van der Waals surface area (Å²) in [5, 5.41) is 25.2. The Kier molecular flexibility index (Phi) is 6.26. The first kappa shape index (κ1) is 21.6. The Morgan fingerprint density at radius 2 is 2.17 bits per heavy atom. The van der Waals surface area contributed by atoms with Gasteiger partial charge in [0.05, 0.1) is 0 Å². The lowest BCUT2D eigenvalue weighted by Crippen LogP contribution is -2.71.